The molecule has 0 unspecified atom stereocenters. The van der Waals surface area contributed by atoms with E-state index in [9.17, 15) is 4.79 Å². The number of hydrogen-bond acceptors (Lipinski definition) is 1. The molecule has 0 bridgehead atoms. The van der Waals surface area contributed by atoms with Crippen molar-refractivity contribution < 1.29 is 4.79 Å². The van der Waals surface area contributed by atoms with Gasteiger partial charge < -0.3 is 0 Å². The number of benzene rings is 1. The fourth-order valence-corrected chi connectivity index (χ4v) is 3.77. The molecule has 0 N–H and O–H groups in total. The summed E-state index contributed by atoms with van der Waals surface area (Å²) in [6, 6.07) is 6.33. The maximum absolute atomic E-state index is 12.6. The number of fused-ring (bicyclic) bond motifs is 1. The topological polar surface area (TPSA) is 17.1 Å². The van der Waals surface area contributed by atoms with Crippen molar-refractivity contribution in [2.24, 2.45) is 5.41 Å². The summed E-state index contributed by atoms with van der Waals surface area (Å²) >= 11 is 2.30. The molecule has 0 radical (unpaired) electrons. The molecular formula is C14H15IO. The molecule has 0 heterocycles. The average molecular weight is 326 g/mol. The Morgan fingerprint density at radius 3 is 2.62 bits per heavy atom. The molecule has 3 rings (SSSR count). The molecule has 2 aliphatic rings. The summed E-state index contributed by atoms with van der Waals surface area (Å²) in [7, 11) is 0. The minimum Gasteiger partial charge on any atom is -0.294 e. The third-order valence-corrected chi connectivity index (χ3v) is 4.90. The summed E-state index contributed by atoms with van der Waals surface area (Å²) in [5.74, 6) is 0.435. The number of rotatable bonds is 0. The zero-order chi connectivity index (χ0) is 11.2. The Morgan fingerprint density at radius 2 is 1.88 bits per heavy atom. The van der Waals surface area contributed by atoms with Gasteiger partial charge >= 0.3 is 0 Å². The van der Waals surface area contributed by atoms with Crippen LogP contribution in [0.1, 0.15) is 48.0 Å². The quantitative estimate of drug-likeness (QED) is 0.659. The normalized spacial score (nSPS) is 22.4. The van der Waals surface area contributed by atoms with Crippen LogP contribution >= 0.6 is 22.6 Å². The molecule has 0 amide bonds. The first kappa shape index (κ1) is 10.8. The molecule has 0 saturated heterocycles. The number of ketones is 1. The summed E-state index contributed by atoms with van der Waals surface area (Å²) in [4.78, 5) is 12.6. The van der Waals surface area contributed by atoms with Crippen molar-refractivity contribution in [2.45, 2.75) is 38.5 Å². The molecule has 2 heteroatoms. The van der Waals surface area contributed by atoms with Crippen molar-refractivity contribution in [1.29, 1.82) is 0 Å². The summed E-state index contributed by atoms with van der Waals surface area (Å²) in [6.45, 7) is 0. The standard InChI is InChI=1S/C14H15IO/c15-11-4-3-10-5-8-14(6-1-2-7-14)13(16)12(10)9-11/h3-4,9H,1-2,5-8H2. The highest BCUT2D eigenvalue weighted by Crippen LogP contribution is 2.47. The van der Waals surface area contributed by atoms with Crippen molar-refractivity contribution >= 4 is 28.4 Å². The summed E-state index contributed by atoms with van der Waals surface area (Å²) in [6.07, 6.45) is 6.90. The van der Waals surface area contributed by atoms with E-state index in [0.29, 0.717) is 5.78 Å². The molecule has 0 aliphatic heterocycles. The second kappa shape index (κ2) is 3.83. The Labute approximate surface area is 110 Å². The van der Waals surface area contributed by atoms with Crippen LogP contribution < -0.4 is 0 Å². The molecule has 0 aromatic heterocycles. The minimum atomic E-state index is 0.0252. The average Bonchev–Trinajstić information content (AvgIpc) is 2.75. The van der Waals surface area contributed by atoms with Crippen LogP contribution in [0.25, 0.3) is 0 Å². The molecule has 1 aromatic carbocycles. The van der Waals surface area contributed by atoms with Gasteiger partial charge in [0.1, 0.15) is 0 Å². The van der Waals surface area contributed by atoms with Crippen LogP contribution in [0.5, 0.6) is 0 Å². The molecule has 16 heavy (non-hydrogen) atoms. The van der Waals surface area contributed by atoms with Crippen LogP contribution in [-0.2, 0) is 6.42 Å². The van der Waals surface area contributed by atoms with Gasteiger partial charge in [0.2, 0.25) is 0 Å². The maximum Gasteiger partial charge on any atom is 0.169 e. The number of hydrogen-bond donors (Lipinski definition) is 0. The molecule has 2 aliphatic carbocycles. The summed E-state index contributed by atoms with van der Waals surface area (Å²) in [5, 5.41) is 0. The van der Waals surface area contributed by atoms with E-state index in [1.165, 1.54) is 22.0 Å². The van der Waals surface area contributed by atoms with Crippen LogP contribution in [0.4, 0.5) is 0 Å². The van der Waals surface area contributed by atoms with Crippen molar-refractivity contribution in [2.75, 3.05) is 0 Å². The third-order valence-electron chi connectivity index (χ3n) is 4.23. The Kier molecular flexibility index (Phi) is 2.57. The zero-order valence-corrected chi connectivity index (χ0v) is 11.4. The lowest BCUT2D eigenvalue weighted by Gasteiger charge is -2.33. The lowest BCUT2D eigenvalue weighted by atomic mass is 9.69. The van der Waals surface area contributed by atoms with Gasteiger partial charge in [0.25, 0.3) is 0 Å². The second-order valence-corrected chi connectivity index (χ2v) is 6.36. The lowest BCUT2D eigenvalue weighted by molar-refractivity contribution is 0.0765. The maximum atomic E-state index is 12.6. The van der Waals surface area contributed by atoms with E-state index in [1.54, 1.807) is 0 Å². The molecule has 1 nitrogen and oxygen atoms in total. The van der Waals surface area contributed by atoms with Crippen molar-refractivity contribution in [3.63, 3.8) is 0 Å². The van der Waals surface area contributed by atoms with E-state index in [-0.39, 0.29) is 5.41 Å². The van der Waals surface area contributed by atoms with Gasteiger partial charge in [0.15, 0.2) is 5.78 Å². The molecule has 1 fully saturated rings. The number of carbonyl (C=O) groups is 1. The van der Waals surface area contributed by atoms with Gasteiger partial charge in [0, 0.05) is 14.5 Å². The molecule has 0 atom stereocenters. The fourth-order valence-electron chi connectivity index (χ4n) is 3.28. The van der Waals surface area contributed by atoms with E-state index in [4.69, 9.17) is 0 Å². The van der Waals surface area contributed by atoms with Gasteiger partial charge in [-0.2, -0.15) is 0 Å². The minimum absolute atomic E-state index is 0.0252. The fraction of sp³-hybridized carbons (Fsp3) is 0.500. The SMILES string of the molecule is O=C1c2cc(I)ccc2CCC12CCCC2. The van der Waals surface area contributed by atoms with Crippen molar-refractivity contribution in [3.05, 3.63) is 32.9 Å². The Bertz CT molecular complexity index is 444. The van der Waals surface area contributed by atoms with Crippen LogP contribution in [-0.4, -0.2) is 5.78 Å². The Balaban J connectivity index is 2.07. The number of carbonyl (C=O) groups excluding carboxylic acids is 1. The van der Waals surface area contributed by atoms with Gasteiger partial charge in [-0.05, 0) is 66.0 Å². The first-order valence-electron chi connectivity index (χ1n) is 6.05. The molecule has 1 spiro atoms. The van der Waals surface area contributed by atoms with Gasteiger partial charge in [0.05, 0.1) is 0 Å². The number of aryl methyl sites for hydroxylation is 1. The van der Waals surface area contributed by atoms with E-state index >= 15 is 0 Å². The van der Waals surface area contributed by atoms with E-state index in [1.807, 2.05) is 0 Å². The largest absolute Gasteiger partial charge is 0.294 e. The number of Topliss-reactive ketones (excluding diaryl/α,β-unsaturated/α-hetero) is 1. The molecular weight excluding hydrogens is 311 g/mol. The van der Waals surface area contributed by atoms with Crippen LogP contribution in [0, 0.1) is 8.99 Å². The smallest absolute Gasteiger partial charge is 0.169 e. The highest BCUT2D eigenvalue weighted by molar-refractivity contribution is 14.1. The van der Waals surface area contributed by atoms with Gasteiger partial charge in [-0.15, -0.1) is 0 Å². The summed E-state index contributed by atoms with van der Waals surface area (Å²) < 4.78 is 1.18. The molecule has 84 valence electrons. The van der Waals surface area contributed by atoms with Crippen molar-refractivity contribution in [1.82, 2.24) is 0 Å². The van der Waals surface area contributed by atoms with Gasteiger partial charge in [-0.1, -0.05) is 18.9 Å². The van der Waals surface area contributed by atoms with E-state index in [0.717, 1.165) is 31.2 Å². The highest BCUT2D eigenvalue weighted by atomic mass is 127. The predicted molar refractivity (Wildman–Crippen MR) is 72.7 cm³/mol. The number of halogens is 1. The van der Waals surface area contributed by atoms with Crippen LogP contribution in [0.15, 0.2) is 18.2 Å². The van der Waals surface area contributed by atoms with E-state index in [2.05, 4.69) is 40.8 Å². The highest BCUT2D eigenvalue weighted by Gasteiger charge is 2.44. The zero-order valence-electron chi connectivity index (χ0n) is 9.26. The predicted octanol–water partition coefficient (Wildman–Crippen LogP) is 3.98. The first-order valence-corrected chi connectivity index (χ1v) is 7.12. The van der Waals surface area contributed by atoms with E-state index < -0.39 is 0 Å². The van der Waals surface area contributed by atoms with Crippen LogP contribution in [0.3, 0.4) is 0 Å². The Morgan fingerprint density at radius 1 is 1.12 bits per heavy atom. The second-order valence-electron chi connectivity index (χ2n) is 5.12. The monoisotopic (exact) mass is 326 g/mol. The summed E-state index contributed by atoms with van der Waals surface area (Å²) in [5.41, 5.74) is 2.31. The van der Waals surface area contributed by atoms with Gasteiger partial charge in [-0.25, -0.2) is 0 Å². The lowest BCUT2D eigenvalue weighted by Crippen LogP contribution is -2.33. The van der Waals surface area contributed by atoms with Crippen LogP contribution in [0.2, 0.25) is 0 Å². The van der Waals surface area contributed by atoms with Gasteiger partial charge in [-0.3, -0.25) is 4.79 Å². The Hall–Kier alpha value is -0.380. The third kappa shape index (κ3) is 1.53. The molecule has 1 saturated carbocycles. The molecule has 1 aromatic rings. The first-order chi connectivity index (χ1) is 7.71. The van der Waals surface area contributed by atoms with Crippen molar-refractivity contribution in [3.8, 4) is 0 Å².